The van der Waals surface area contributed by atoms with Crippen LogP contribution in [0.5, 0.6) is 5.75 Å². The van der Waals surface area contributed by atoms with Gasteiger partial charge in [-0.3, -0.25) is 0 Å². The summed E-state index contributed by atoms with van der Waals surface area (Å²) < 4.78 is 5.15. The summed E-state index contributed by atoms with van der Waals surface area (Å²) in [6.45, 7) is 0.772. The molecule has 19 heavy (non-hydrogen) atoms. The molecule has 0 amide bonds. The van der Waals surface area contributed by atoms with Crippen LogP contribution in [0.25, 0.3) is 0 Å². The molecule has 0 radical (unpaired) electrons. The van der Waals surface area contributed by atoms with Gasteiger partial charge >= 0.3 is 0 Å². The maximum Gasteiger partial charge on any atom is 0.121 e. The van der Waals surface area contributed by atoms with E-state index in [2.05, 4.69) is 4.90 Å². The summed E-state index contributed by atoms with van der Waals surface area (Å²) in [7, 11) is 3.64. The van der Waals surface area contributed by atoms with Crippen LogP contribution in [0.15, 0.2) is 42.5 Å². The standard InChI is InChI=1S/C15H17ClN2O/c1-18(10-11-3-5-12(16)6-4-11)15-8-7-13(19-2)9-14(15)17/h3-9H,10,17H2,1-2H3. The van der Waals surface area contributed by atoms with Crippen molar-refractivity contribution in [3.63, 3.8) is 0 Å². The van der Waals surface area contributed by atoms with Crippen molar-refractivity contribution in [1.29, 1.82) is 0 Å². The van der Waals surface area contributed by atoms with Gasteiger partial charge in [0, 0.05) is 24.7 Å². The third kappa shape index (κ3) is 3.32. The van der Waals surface area contributed by atoms with Gasteiger partial charge in [0.25, 0.3) is 0 Å². The average molecular weight is 277 g/mol. The lowest BCUT2D eigenvalue weighted by molar-refractivity contribution is 0.415. The van der Waals surface area contributed by atoms with Crippen LogP contribution in [-0.2, 0) is 6.54 Å². The molecular weight excluding hydrogens is 260 g/mol. The molecule has 0 aliphatic rings. The number of nitrogens with zero attached hydrogens (tertiary/aromatic N) is 1. The fraction of sp³-hybridized carbons (Fsp3) is 0.200. The van der Waals surface area contributed by atoms with Crippen molar-refractivity contribution >= 4 is 23.0 Å². The summed E-state index contributed by atoms with van der Waals surface area (Å²) in [5.74, 6) is 0.765. The Morgan fingerprint density at radius 3 is 2.42 bits per heavy atom. The topological polar surface area (TPSA) is 38.5 Å². The first-order valence-electron chi connectivity index (χ1n) is 5.99. The van der Waals surface area contributed by atoms with Gasteiger partial charge < -0.3 is 15.4 Å². The van der Waals surface area contributed by atoms with E-state index in [0.717, 1.165) is 23.0 Å². The van der Waals surface area contributed by atoms with E-state index in [-0.39, 0.29) is 0 Å². The molecule has 0 bridgehead atoms. The van der Waals surface area contributed by atoms with E-state index < -0.39 is 0 Å². The SMILES string of the molecule is COc1ccc(N(C)Cc2ccc(Cl)cc2)c(N)c1. The molecule has 0 aliphatic carbocycles. The van der Waals surface area contributed by atoms with Gasteiger partial charge in [-0.25, -0.2) is 0 Å². The van der Waals surface area contributed by atoms with Crippen molar-refractivity contribution in [2.75, 3.05) is 24.8 Å². The van der Waals surface area contributed by atoms with Gasteiger partial charge in [-0.1, -0.05) is 23.7 Å². The van der Waals surface area contributed by atoms with Crippen molar-refractivity contribution in [1.82, 2.24) is 0 Å². The van der Waals surface area contributed by atoms with Crippen LogP contribution < -0.4 is 15.4 Å². The molecule has 2 aromatic rings. The smallest absolute Gasteiger partial charge is 0.121 e. The molecule has 2 aromatic carbocycles. The van der Waals surface area contributed by atoms with Crippen LogP contribution in [-0.4, -0.2) is 14.2 Å². The van der Waals surface area contributed by atoms with E-state index in [9.17, 15) is 0 Å². The molecule has 0 unspecified atom stereocenters. The Bertz CT molecular complexity index is 555. The summed E-state index contributed by atoms with van der Waals surface area (Å²) >= 11 is 5.88. The molecule has 2 rings (SSSR count). The Balaban J connectivity index is 2.15. The summed E-state index contributed by atoms with van der Waals surface area (Å²) in [5, 5.41) is 0.746. The lowest BCUT2D eigenvalue weighted by Gasteiger charge is -2.21. The molecule has 0 spiro atoms. The van der Waals surface area contributed by atoms with Crippen LogP contribution in [0.2, 0.25) is 5.02 Å². The molecule has 0 aliphatic heterocycles. The molecule has 0 heterocycles. The van der Waals surface area contributed by atoms with Crippen molar-refractivity contribution in [3.8, 4) is 5.75 Å². The minimum atomic E-state index is 0.704. The quantitative estimate of drug-likeness (QED) is 0.868. The number of methoxy groups -OCH3 is 1. The van der Waals surface area contributed by atoms with Crippen LogP contribution >= 0.6 is 11.6 Å². The predicted octanol–water partition coefficient (Wildman–Crippen LogP) is 3.57. The van der Waals surface area contributed by atoms with Crippen molar-refractivity contribution in [3.05, 3.63) is 53.1 Å². The Morgan fingerprint density at radius 2 is 1.84 bits per heavy atom. The second kappa shape index (κ2) is 5.85. The third-order valence-corrected chi connectivity index (χ3v) is 3.23. The highest BCUT2D eigenvalue weighted by Crippen LogP contribution is 2.27. The molecule has 0 aromatic heterocycles. The highest BCUT2D eigenvalue weighted by Gasteiger charge is 2.07. The molecular formula is C15H17ClN2O. The zero-order chi connectivity index (χ0) is 13.8. The second-order valence-electron chi connectivity index (χ2n) is 4.41. The number of nitrogens with two attached hydrogens (primary N) is 1. The minimum Gasteiger partial charge on any atom is -0.497 e. The molecule has 0 saturated carbocycles. The number of rotatable bonds is 4. The van der Waals surface area contributed by atoms with Gasteiger partial charge in [-0.2, -0.15) is 0 Å². The van der Waals surface area contributed by atoms with Crippen LogP contribution in [0, 0.1) is 0 Å². The lowest BCUT2D eigenvalue weighted by Crippen LogP contribution is -2.17. The van der Waals surface area contributed by atoms with E-state index >= 15 is 0 Å². The zero-order valence-corrected chi connectivity index (χ0v) is 11.8. The number of hydrogen-bond donors (Lipinski definition) is 1. The molecule has 0 saturated heterocycles. The highest BCUT2D eigenvalue weighted by atomic mass is 35.5. The normalized spacial score (nSPS) is 10.3. The Kier molecular flexibility index (Phi) is 4.17. The minimum absolute atomic E-state index is 0.704. The monoisotopic (exact) mass is 276 g/mol. The number of nitrogen functional groups attached to an aromatic ring is 1. The van der Waals surface area contributed by atoms with Crippen molar-refractivity contribution in [2.24, 2.45) is 0 Å². The zero-order valence-electron chi connectivity index (χ0n) is 11.1. The molecule has 0 atom stereocenters. The predicted molar refractivity (Wildman–Crippen MR) is 81.0 cm³/mol. The molecule has 3 nitrogen and oxygen atoms in total. The number of halogens is 1. The number of anilines is 2. The van der Waals surface area contributed by atoms with Crippen LogP contribution in [0.1, 0.15) is 5.56 Å². The Labute approximate surface area is 118 Å². The van der Waals surface area contributed by atoms with Gasteiger partial charge in [-0.15, -0.1) is 0 Å². The first-order valence-corrected chi connectivity index (χ1v) is 6.37. The van der Waals surface area contributed by atoms with Gasteiger partial charge in [0.05, 0.1) is 18.5 Å². The number of hydrogen-bond acceptors (Lipinski definition) is 3. The van der Waals surface area contributed by atoms with Crippen molar-refractivity contribution in [2.45, 2.75) is 6.54 Å². The maximum absolute atomic E-state index is 6.03. The second-order valence-corrected chi connectivity index (χ2v) is 4.84. The fourth-order valence-electron chi connectivity index (χ4n) is 1.96. The Hall–Kier alpha value is -1.87. The average Bonchev–Trinajstić information content (AvgIpc) is 2.41. The number of ether oxygens (including phenoxy) is 1. The molecule has 4 heteroatoms. The summed E-state index contributed by atoms with van der Waals surface area (Å²) in [6.07, 6.45) is 0. The van der Waals surface area contributed by atoms with Gasteiger partial charge in [0.15, 0.2) is 0 Å². The van der Waals surface area contributed by atoms with E-state index in [1.165, 1.54) is 5.56 Å². The van der Waals surface area contributed by atoms with E-state index in [1.807, 2.05) is 49.5 Å². The number of benzene rings is 2. The summed E-state index contributed by atoms with van der Waals surface area (Å²) in [6, 6.07) is 13.5. The van der Waals surface area contributed by atoms with E-state index in [0.29, 0.717) is 5.69 Å². The first kappa shape index (κ1) is 13.6. The van der Waals surface area contributed by atoms with Gasteiger partial charge in [0.2, 0.25) is 0 Å². The van der Waals surface area contributed by atoms with Gasteiger partial charge in [-0.05, 0) is 29.8 Å². The molecule has 2 N–H and O–H groups in total. The van der Waals surface area contributed by atoms with E-state index in [4.69, 9.17) is 22.1 Å². The first-order chi connectivity index (χ1) is 9.10. The maximum atomic E-state index is 6.03. The van der Waals surface area contributed by atoms with Gasteiger partial charge in [0.1, 0.15) is 5.75 Å². The molecule has 100 valence electrons. The summed E-state index contributed by atoms with van der Waals surface area (Å²) in [5.41, 5.74) is 8.90. The third-order valence-electron chi connectivity index (χ3n) is 2.98. The van der Waals surface area contributed by atoms with E-state index in [1.54, 1.807) is 7.11 Å². The van der Waals surface area contributed by atoms with Crippen molar-refractivity contribution < 1.29 is 4.74 Å². The molecule has 0 fully saturated rings. The van der Waals surface area contributed by atoms with Crippen LogP contribution in [0.4, 0.5) is 11.4 Å². The largest absolute Gasteiger partial charge is 0.497 e. The highest BCUT2D eigenvalue weighted by molar-refractivity contribution is 6.30. The summed E-state index contributed by atoms with van der Waals surface area (Å²) in [4.78, 5) is 2.10. The Morgan fingerprint density at radius 1 is 1.16 bits per heavy atom. The fourth-order valence-corrected chi connectivity index (χ4v) is 2.08. The van der Waals surface area contributed by atoms with Crippen LogP contribution in [0.3, 0.4) is 0 Å². The lowest BCUT2D eigenvalue weighted by atomic mass is 10.2.